The van der Waals surface area contributed by atoms with E-state index in [2.05, 4.69) is 19.4 Å². The van der Waals surface area contributed by atoms with Gasteiger partial charge in [-0.3, -0.25) is 4.79 Å². The number of carbonyl (C=O) groups excluding carboxylic acids is 1. The number of rotatable bonds is 4. The molecule has 1 aliphatic rings. The van der Waals surface area contributed by atoms with E-state index < -0.39 is 0 Å². The van der Waals surface area contributed by atoms with E-state index in [9.17, 15) is 9.18 Å². The fourth-order valence-corrected chi connectivity index (χ4v) is 2.85. The number of amides is 1. The van der Waals surface area contributed by atoms with Gasteiger partial charge in [-0.1, -0.05) is 12.1 Å². The highest BCUT2D eigenvalue weighted by Crippen LogP contribution is 2.26. The van der Waals surface area contributed by atoms with Gasteiger partial charge in [0, 0.05) is 0 Å². The van der Waals surface area contributed by atoms with Crippen molar-refractivity contribution in [3.05, 3.63) is 30.1 Å². The largest absolute Gasteiger partial charge is 0.319 e. The molecule has 0 spiro atoms. The summed E-state index contributed by atoms with van der Waals surface area (Å²) in [7, 11) is 4.16. The predicted molar refractivity (Wildman–Crippen MR) is 74.3 cm³/mol. The molecule has 0 unspecified atom stereocenters. The molecule has 1 fully saturated rings. The number of nitrogens with zero attached hydrogens (tertiary/aromatic N) is 1. The van der Waals surface area contributed by atoms with Crippen LogP contribution in [-0.4, -0.2) is 37.1 Å². The molecular formula is C15H22FN2O+. The first-order valence-corrected chi connectivity index (χ1v) is 6.86. The lowest BCUT2D eigenvalue weighted by atomic mass is 10.2. The van der Waals surface area contributed by atoms with E-state index in [0.29, 0.717) is 17.1 Å². The van der Waals surface area contributed by atoms with Gasteiger partial charge in [-0.2, -0.15) is 0 Å². The molecule has 1 aliphatic carbocycles. The molecule has 3 nitrogen and oxygen atoms in total. The Balaban J connectivity index is 1.95. The minimum Gasteiger partial charge on any atom is -0.319 e. The average Bonchev–Trinajstić information content (AvgIpc) is 2.85. The van der Waals surface area contributed by atoms with E-state index in [1.807, 2.05) is 0 Å². The third-order valence-electron chi connectivity index (χ3n) is 4.01. The van der Waals surface area contributed by atoms with E-state index in [1.54, 1.807) is 18.2 Å². The highest BCUT2D eigenvalue weighted by atomic mass is 19.1. The fourth-order valence-electron chi connectivity index (χ4n) is 2.85. The maximum absolute atomic E-state index is 13.5. The number of likely N-dealkylation sites (N-methyl/N-ethyl adjacent to an activating group) is 1. The minimum atomic E-state index is -0.387. The topological polar surface area (TPSA) is 29.1 Å². The van der Waals surface area contributed by atoms with Crippen molar-refractivity contribution in [1.82, 2.24) is 0 Å². The first-order chi connectivity index (χ1) is 8.99. The molecule has 104 valence electrons. The van der Waals surface area contributed by atoms with Gasteiger partial charge in [0.2, 0.25) is 0 Å². The Bertz CT molecular complexity index is 453. The van der Waals surface area contributed by atoms with Gasteiger partial charge >= 0.3 is 0 Å². The van der Waals surface area contributed by atoms with Crippen LogP contribution in [-0.2, 0) is 4.79 Å². The summed E-state index contributed by atoms with van der Waals surface area (Å²) in [4.78, 5) is 12.0. The molecule has 0 heterocycles. The zero-order valence-electron chi connectivity index (χ0n) is 11.7. The number of anilines is 1. The monoisotopic (exact) mass is 265 g/mol. The van der Waals surface area contributed by atoms with Crippen molar-refractivity contribution < 1.29 is 13.7 Å². The van der Waals surface area contributed by atoms with Crippen molar-refractivity contribution in [3.63, 3.8) is 0 Å². The van der Waals surface area contributed by atoms with Crippen LogP contribution in [0.1, 0.15) is 25.7 Å². The van der Waals surface area contributed by atoms with Crippen molar-refractivity contribution in [1.29, 1.82) is 0 Å². The van der Waals surface area contributed by atoms with E-state index in [-0.39, 0.29) is 17.4 Å². The fraction of sp³-hybridized carbons (Fsp3) is 0.533. The Hall–Kier alpha value is -1.42. The Labute approximate surface area is 114 Å². The minimum absolute atomic E-state index is 0.123. The summed E-state index contributed by atoms with van der Waals surface area (Å²) in [6, 6.07) is 6.82. The quantitative estimate of drug-likeness (QED) is 0.833. The third kappa shape index (κ3) is 3.53. The van der Waals surface area contributed by atoms with E-state index in [0.717, 1.165) is 0 Å². The predicted octanol–water partition coefficient (Wildman–Crippen LogP) is 2.78. The molecule has 0 aliphatic heterocycles. The van der Waals surface area contributed by atoms with Gasteiger partial charge in [0.15, 0.2) is 6.54 Å². The lowest BCUT2D eigenvalue weighted by Gasteiger charge is -2.35. The molecule has 1 saturated carbocycles. The van der Waals surface area contributed by atoms with Crippen LogP contribution in [0.25, 0.3) is 0 Å². The van der Waals surface area contributed by atoms with Gasteiger partial charge in [-0.05, 0) is 37.8 Å². The zero-order chi connectivity index (χ0) is 13.9. The number of quaternary nitrogens is 1. The number of nitrogens with one attached hydrogen (secondary N) is 1. The number of carbonyl (C=O) groups is 1. The van der Waals surface area contributed by atoms with Gasteiger partial charge in [0.25, 0.3) is 5.91 Å². The van der Waals surface area contributed by atoms with Crippen LogP contribution < -0.4 is 5.32 Å². The van der Waals surface area contributed by atoms with E-state index in [1.165, 1.54) is 31.7 Å². The van der Waals surface area contributed by atoms with E-state index in [4.69, 9.17) is 0 Å². The standard InChI is InChI=1S/C15H21FN2O/c1-18(2,12-7-3-4-8-12)11-15(19)17-14-10-6-5-9-13(14)16/h5-6,9-10,12H,3-4,7-8,11H2,1-2H3/p+1. The summed E-state index contributed by atoms with van der Waals surface area (Å²) < 4.78 is 14.1. The second-order valence-electron chi connectivity index (χ2n) is 5.90. The molecule has 0 aromatic heterocycles. The highest BCUT2D eigenvalue weighted by molar-refractivity contribution is 5.91. The molecule has 2 rings (SSSR count). The van der Waals surface area contributed by atoms with Crippen LogP contribution in [0.3, 0.4) is 0 Å². The number of hydrogen-bond donors (Lipinski definition) is 1. The molecule has 1 aromatic rings. The normalized spacial score (nSPS) is 16.6. The lowest BCUT2D eigenvalue weighted by Crippen LogP contribution is -2.51. The van der Waals surface area contributed by atoms with Crippen LogP contribution in [0.15, 0.2) is 24.3 Å². The lowest BCUT2D eigenvalue weighted by molar-refractivity contribution is -0.906. The first-order valence-electron chi connectivity index (χ1n) is 6.86. The first kappa shape index (κ1) is 14.0. The SMILES string of the molecule is C[N+](C)(CC(=O)Nc1ccccc1F)C1CCCC1. The van der Waals surface area contributed by atoms with Gasteiger partial charge in [-0.25, -0.2) is 4.39 Å². The van der Waals surface area contributed by atoms with Gasteiger partial charge in [-0.15, -0.1) is 0 Å². The number of halogens is 1. The van der Waals surface area contributed by atoms with E-state index >= 15 is 0 Å². The van der Waals surface area contributed by atoms with Crippen LogP contribution >= 0.6 is 0 Å². The molecule has 1 N–H and O–H groups in total. The molecule has 0 atom stereocenters. The summed E-state index contributed by atoms with van der Waals surface area (Å²) in [6.07, 6.45) is 4.86. The number of hydrogen-bond acceptors (Lipinski definition) is 1. The van der Waals surface area contributed by atoms with Gasteiger partial charge in [0.1, 0.15) is 5.82 Å². The maximum atomic E-state index is 13.5. The molecule has 4 heteroatoms. The summed E-state index contributed by atoms with van der Waals surface area (Å²) in [5.41, 5.74) is 0.263. The summed E-state index contributed by atoms with van der Waals surface area (Å²) in [5.74, 6) is -0.510. The van der Waals surface area contributed by atoms with Crippen molar-refractivity contribution in [2.24, 2.45) is 0 Å². The molecule has 0 saturated heterocycles. The molecule has 0 bridgehead atoms. The second-order valence-corrected chi connectivity index (χ2v) is 5.90. The second kappa shape index (κ2) is 5.70. The highest BCUT2D eigenvalue weighted by Gasteiger charge is 2.33. The van der Waals surface area contributed by atoms with Crippen LogP contribution in [0.2, 0.25) is 0 Å². The Kier molecular flexibility index (Phi) is 4.20. The Morgan fingerprint density at radius 2 is 1.95 bits per heavy atom. The van der Waals surface area contributed by atoms with Crippen molar-refractivity contribution >= 4 is 11.6 Å². The Morgan fingerprint density at radius 1 is 1.32 bits per heavy atom. The van der Waals surface area contributed by atoms with Crippen molar-refractivity contribution in [2.75, 3.05) is 26.0 Å². The van der Waals surface area contributed by atoms with Crippen LogP contribution in [0.5, 0.6) is 0 Å². The third-order valence-corrected chi connectivity index (χ3v) is 4.01. The number of para-hydroxylation sites is 1. The average molecular weight is 265 g/mol. The molecule has 19 heavy (non-hydrogen) atoms. The maximum Gasteiger partial charge on any atom is 0.279 e. The number of benzene rings is 1. The van der Waals surface area contributed by atoms with Crippen LogP contribution in [0, 0.1) is 5.82 Å². The van der Waals surface area contributed by atoms with Crippen molar-refractivity contribution in [3.8, 4) is 0 Å². The Morgan fingerprint density at radius 3 is 2.58 bits per heavy atom. The van der Waals surface area contributed by atoms with Gasteiger partial charge < -0.3 is 9.80 Å². The summed E-state index contributed by atoms with van der Waals surface area (Å²) in [6.45, 7) is 0.388. The molecule has 1 amide bonds. The zero-order valence-corrected chi connectivity index (χ0v) is 11.7. The molecular weight excluding hydrogens is 243 g/mol. The molecule has 0 radical (unpaired) electrons. The smallest absolute Gasteiger partial charge is 0.279 e. The molecule has 1 aromatic carbocycles. The summed E-state index contributed by atoms with van der Waals surface area (Å²) >= 11 is 0. The van der Waals surface area contributed by atoms with Crippen molar-refractivity contribution in [2.45, 2.75) is 31.7 Å². The summed E-state index contributed by atoms with van der Waals surface area (Å²) in [5, 5.41) is 2.66. The van der Waals surface area contributed by atoms with Crippen LogP contribution in [0.4, 0.5) is 10.1 Å². The van der Waals surface area contributed by atoms with Gasteiger partial charge in [0.05, 0.1) is 25.8 Å².